The lowest BCUT2D eigenvalue weighted by Crippen LogP contribution is -2.59. The summed E-state index contributed by atoms with van der Waals surface area (Å²) < 4.78 is 0. The average Bonchev–Trinajstić information content (AvgIpc) is 3.99. The number of carbonyl (C=O) groups is 6. The van der Waals surface area contributed by atoms with Gasteiger partial charge in [0.1, 0.15) is 18.1 Å². The third-order valence-corrected chi connectivity index (χ3v) is 9.95. The Morgan fingerprint density at radius 3 is 2.02 bits per heavy atom. The molecule has 2 saturated carbocycles. The smallest absolute Gasteiger partial charge is 0.251 e. The van der Waals surface area contributed by atoms with E-state index in [9.17, 15) is 33.9 Å². The Hall–Kier alpha value is -4.35. The van der Waals surface area contributed by atoms with Crippen LogP contribution >= 0.6 is 9.39 Å². The van der Waals surface area contributed by atoms with Crippen molar-refractivity contribution in [3.8, 4) is 0 Å². The van der Waals surface area contributed by atoms with Crippen LogP contribution in [0.25, 0.3) is 0 Å². The Morgan fingerprint density at radius 2 is 1.40 bits per heavy atom. The standard InChI is InChI=1S/C38H53N6O7P/c1-2-12-28(34(47)38(51)39-23-31(46)43-33(37(50)44-52)27-17-10-5-11-18-27)40-35(48)29(21-25-19-20-25)41-36(49)32(26-15-8-4-9-16-26)42-30(45)22-24-13-6-3-7-14-24/h3,5-7,10-11,13-14,17-18,25-26,28-29,32-34,47H,2,4,8-9,12,15-16,19-23,52H2,1H3,(H,39,51)(H,40,48)(H,41,49)(H,42,45)(H,43,46)(H,44,50)/t28?,29-,32-,33-,34?/m0/s1. The lowest BCUT2D eigenvalue weighted by Gasteiger charge is -2.32. The number of nitrogens with one attached hydrogen (secondary N) is 6. The summed E-state index contributed by atoms with van der Waals surface area (Å²) in [4.78, 5) is 79.0. The first-order valence-corrected chi connectivity index (χ1v) is 18.9. The number of rotatable bonds is 19. The van der Waals surface area contributed by atoms with Gasteiger partial charge in [-0.15, -0.1) is 0 Å². The van der Waals surface area contributed by atoms with Crippen molar-refractivity contribution in [3.05, 3.63) is 71.8 Å². The second-order valence-corrected chi connectivity index (χ2v) is 14.1. The predicted molar refractivity (Wildman–Crippen MR) is 199 cm³/mol. The van der Waals surface area contributed by atoms with E-state index < -0.39 is 66.4 Å². The molecule has 0 radical (unpaired) electrons. The van der Waals surface area contributed by atoms with Crippen molar-refractivity contribution in [2.24, 2.45) is 11.8 Å². The van der Waals surface area contributed by atoms with Crippen molar-refractivity contribution in [2.75, 3.05) is 6.54 Å². The van der Waals surface area contributed by atoms with E-state index in [-0.39, 0.29) is 30.6 Å². The van der Waals surface area contributed by atoms with Gasteiger partial charge in [-0.2, -0.15) is 0 Å². The summed E-state index contributed by atoms with van der Waals surface area (Å²) in [6.45, 7) is 1.32. The lowest BCUT2D eigenvalue weighted by molar-refractivity contribution is -0.136. The van der Waals surface area contributed by atoms with Gasteiger partial charge in [-0.3, -0.25) is 28.8 Å². The third-order valence-electron chi connectivity index (χ3n) is 9.67. The first kappa shape index (κ1) is 40.4. The molecule has 13 nitrogen and oxygen atoms in total. The molecule has 0 aromatic heterocycles. The van der Waals surface area contributed by atoms with Crippen molar-refractivity contribution in [2.45, 2.75) is 108 Å². The molecule has 0 saturated heterocycles. The highest BCUT2D eigenvalue weighted by Crippen LogP contribution is 2.34. The van der Waals surface area contributed by atoms with E-state index in [0.717, 1.165) is 50.5 Å². The van der Waals surface area contributed by atoms with Crippen LogP contribution in [0.1, 0.15) is 88.3 Å². The van der Waals surface area contributed by atoms with Crippen LogP contribution in [0.5, 0.6) is 0 Å². The molecule has 0 aliphatic heterocycles. The molecule has 0 spiro atoms. The molecule has 2 aliphatic carbocycles. The quantitative estimate of drug-likeness (QED) is 0.107. The van der Waals surface area contributed by atoms with Crippen molar-refractivity contribution < 1.29 is 33.9 Å². The molecule has 6 atom stereocenters. The third kappa shape index (κ3) is 12.7. The van der Waals surface area contributed by atoms with Gasteiger partial charge in [0.25, 0.3) is 5.91 Å². The van der Waals surface area contributed by atoms with Crippen molar-refractivity contribution >= 4 is 44.8 Å². The van der Waals surface area contributed by atoms with Gasteiger partial charge in [0.05, 0.1) is 19.0 Å². The SMILES string of the molecule is CCCC(NC(=O)[C@H](CC1CC1)NC(=O)[C@@H](NC(=O)Cc1ccccc1)C1CCCCC1)C(O)C(=O)NCC(=O)N[C@H](C(=O)NP)c1ccccc1. The molecule has 52 heavy (non-hydrogen) atoms. The summed E-state index contributed by atoms with van der Waals surface area (Å²) in [5.74, 6) is -3.04. The molecule has 2 aromatic rings. The summed E-state index contributed by atoms with van der Waals surface area (Å²) >= 11 is 0. The zero-order valence-corrected chi connectivity index (χ0v) is 30.9. The zero-order chi connectivity index (χ0) is 37.5. The fourth-order valence-electron chi connectivity index (χ4n) is 6.65. The van der Waals surface area contributed by atoms with Crippen LogP contribution in [0.15, 0.2) is 60.7 Å². The van der Waals surface area contributed by atoms with E-state index in [1.54, 1.807) is 30.3 Å². The van der Waals surface area contributed by atoms with Crippen LogP contribution in [0, 0.1) is 11.8 Å². The molecule has 4 rings (SSSR count). The number of benzene rings is 2. The highest BCUT2D eigenvalue weighted by atomic mass is 31.0. The van der Waals surface area contributed by atoms with Crippen LogP contribution in [-0.2, 0) is 35.2 Å². The Balaban J connectivity index is 1.38. The summed E-state index contributed by atoms with van der Waals surface area (Å²) in [7, 11) is 2.09. The molecular weight excluding hydrogens is 683 g/mol. The topological polar surface area (TPSA) is 195 Å². The van der Waals surface area contributed by atoms with Gasteiger partial charge < -0.3 is 36.8 Å². The van der Waals surface area contributed by atoms with Crippen LogP contribution in [-0.4, -0.2) is 71.3 Å². The highest BCUT2D eigenvalue weighted by Gasteiger charge is 2.37. The van der Waals surface area contributed by atoms with Crippen LogP contribution in [0.4, 0.5) is 0 Å². The molecule has 2 aliphatic rings. The number of aliphatic hydroxyl groups excluding tert-OH is 1. The van der Waals surface area contributed by atoms with E-state index in [1.807, 2.05) is 37.3 Å². The predicted octanol–water partition coefficient (Wildman–Crippen LogP) is 2.10. The summed E-state index contributed by atoms with van der Waals surface area (Å²) in [6, 6.07) is 14.2. The molecule has 3 unspecified atom stereocenters. The molecule has 282 valence electrons. The largest absolute Gasteiger partial charge is 0.381 e. The van der Waals surface area contributed by atoms with E-state index >= 15 is 0 Å². The Kier molecular flexibility index (Phi) is 16.0. The van der Waals surface area contributed by atoms with Crippen LogP contribution < -0.4 is 31.7 Å². The van der Waals surface area contributed by atoms with E-state index in [1.165, 1.54) is 0 Å². The number of hydrogen-bond acceptors (Lipinski definition) is 7. The number of aliphatic hydroxyl groups is 1. The van der Waals surface area contributed by atoms with Gasteiger partial charge in [-0.05, 0) is 58.0 Å². The lowest BCUT2D eigenvalue weighted by atomic mass is 9.83. The minimum Gasteiger partial charge on any atom is -0.381 e. The molecular formula is C38H53N6O7P. The molecule has 7 N–H and O–H groups in total. The molecule has 0 bridgehead atoms. The maximum absolute atomic E-state index is 13.9. The van der Waals surface area contributed by atoms with Crippen molar-refractivity contribution in [1.82, 2.24) is 31.7 Å². The molecule has 14 heteroatoms. The van der Waals surface area contributed by atoms with E-state index in [2.05, 4.69) is 41.1 Å². The van der Waals surface area contributed by atoms with Gasteiger partial charge in [-0.25, -0.2) is 0 Å². The van der Waals surface area contributed by atoms with E-state index in [0.29, 0.717) is 18.4 Å². The first-order chi connectivity index (χ1) is 25.1. The maximum Gasteiger partial charge on any atom is 0.251 e. The second-order valence-electron chi connectivity index (χ2n) is 13.8. The fraction of sp³-hybridized carbons (Fsp3) is 0.526. The molecule has 2 fully saturated rings. The van der Waals surface area contributed by atoms with Crippen molar-refractivity contribution in [1.29, 1.82) is 0 Å². The van der Waals surface area contributed by atoms with Gasteiger partial charge in [0.15, 0.2) is 6.10 Å². The highest BCUT2D eigenvalue weighted by molar-refractivity contribution is 7.15. The number of hydrogen-bond donors (Lipinski definition) is 7. The molecule has 0 heterocycles. The van der Waals surface area contributed by atoms with Crippen LogP contribution in [0.3, 0.4) is 0 Å². The second kappa shape index (κ2) is 20.6. The average molecular weight is 737 g/mol. The zero-order valence-electron chi connectivity index (χ0n) is 29.8. The van der Waals surface area contributed by atoms with Gasteiger partial charge in [0, 0.05) is 0 Å². The number of amides is 6. The normalized spacial score (nSPS) is 17.3. The van der Waals surface area contributed by atoms with Crippen LogP contribution in [0.2, 0.25) is 0 Å². The van der Waals surface area contributed by atoms with E-state index in [4.69, 9.17) is 0 Å². The Labute approximate surface area is 307 Å². The maximum atomic E-state index is 13.9. The monoisotopic (exact) mass is 736 g/mol. The minimum atomic E-state index is -1.69. The molecule has 6 amide bonds. The summed E-state index contributed by atoms with van der Waals surface area (Å²) in [5.41, 5.74) is 1.37. The van der Waals surface area contributed by atoms with Crippen molar-refractivity contribution in [3.63, 3.8) is 0 Å². The van der Waals surface area contributed by atoms with Gasteiger partial charge in [-0.1, -0.05) is 106 Å². The minimum absolute atomic E-state index is 0.0631. The summed E-state index contributed by atoms with van der Waals surface area (Å²) in [5, 5.41) is 27.1. The number of carbonyl (C=O) groups excluding carboxylic acids is 6. The summed E-state index contributed by atoms with van der Waals surface area (Å²) in [6.07, 6.45) is 6.01. The Bertz CT molecular complexity index is 1500. The fourth-order valence-corrected chi connectivity index (χ4v) is 6.82. The van der Waals surface area contributed by atoms with Gasteiger partial charge in [0.2, 0.25) is 29.5 Å². The van der Waals surface area contributed by atoms with Gasteiger partial charge >= 0.3 is 0 Å². The Morgan fingerprint density at radius 1 is 0.750 bits per heavy atom. The molecule has 2 aromatic carbocycles. The first-order valence-electron chi connectivity index (χ1n) is 18.3.